The SMILES string of the molecule is CCOC(=O)C(C)(Oc1cccc(C)c1)C(=O)OCC. The molecule has 0 saturated heterocycles. The Morgan fingerprint density at radius 3 is 2.10 bits per heavy atom. The average molecular weight is 280 g/mol. The van der Waals surface area contributed by atoms with E-state index in [0.29, 0.717) is 5.75 Å². The zero-order valence-corrected chi connectivity index (χ0v) is 12.3. The van der Waals surface area contributed by atoms with Crippen molar-refractivity contribution in [3.05, 3.63) is 29.8 Å². The predicted molar refractivity (Wildman–Crippen MR) is 73.5 cm³/mol. The number of benzene rings is 1. The van der Waals surface area contributed by atoms with E-state index in [2.05, 4.69) is 0 Å². The molecule has 20 heavy (non-hydrogen) atoms. The van der Waals surface area contributed by atoms with Crippen LogP contribution in [0.1, 0.15) is 26.3 Å². The Bertz CT molecular complexity index is 463. The summed E-state index contributed by atoms with van der Waals surface area (Å²) in [4.78, 5) is 24.0. The highest BCUT2D eigenvalue weighted by Crippen LogP contribution is 2.22. The highest BCUT2D eigenvalue weighted by Gasteiger charge is 2.47. The molecule has 5 heteroatoms. The van der Waals surface area contributed by atoms with E-state index in [0.717, 1.165) is 5.56 Å². The Morgan fingerprint density at radius 1 is 1.10 bits per heavy atom. The summed E-state index contributed by atoms with van der Waals surface area (Å²) >= 11 is 0. The van der Waals surface area contributed by atoms with Crippen molar-refractivity contribution in [2.75, 3.05) is 13.2 Å². The van der Waals surface area contributed by atoms with Gasteiger partial charge in [-0.3, -0.25) is 0 Å². The molecule has 0 aliphatic heterocycles. The molecule has 5 nitrogen and oxygen atoms in total. The molecule has 1 aromatic carbocycles. The van der Waals surface area contributed by atoms with Crippen LogP contribution in [0.25, 0.3) is 0 Å². The summed E-state index contributed by atoms with van der Waals surface area (Å²) in [6, 6.07) is 7.07. The fourth-order valence-electron chi connectivity index (χ4n) is 1.62. The van der Waals surface area contributed by atoms with E-state index in [1.165, 1.54) is 6.92 Å². The van der Waals surface area contributed by atoms with E-state index in [4.69, 9.17) is 14.2 Å². The maximum Gasteiger partial charge on any atom is 0.362 e. The maximum absolute atomic E-state index is 12.0. The third kappa shape index (κ3) is 3.73. The lowest BCUT2D eigenvalue weighted by Gasteiger charge is -2.26. The molecular formula is C15H20O5. The molecule has 0 heterocycles. The van der Waals surface area contributed by atoms with Crippen LogP contribution in [0.15, 0.2) is 24.3 Å². The number of carbonyl (C=O) groups is 2. The lowest BCUT2D eigenvalue weighted by Crippen LogP contribution is -2.51. The summed E-state index contributed by atoms with van der Waals surface area (Å²) in [5.74, 6) is -1.12. The summed E-state index contributed by atoms with van der Waals surface area (Å²) in [5, 5.41) is 0. The van der Waals surface area contributed by atoms with Crippen LogP contribution < -0.4 is 4.74 Å². The number of rotatable bonds is 6. The van der Waals surface area contributed by atoms with Crippen LogP contribution in [0.4, 0.5) is 0 Å². The molecule has 0 atom stereocenters. The van der Waals surface area contributed by atoms with E-state index in [1.807, 2.05) is 13.0 Å². The van der Waals surface area contributed by atoms with Gasteiger partial charge in [0.25, 0.3) is 5.60 Å². The lowest BCUT2D eigenvalue weighted by atomic mass is 10.1. The van der Waals surface area contributed by atoms with Crippen molar-refractivity contribution in [3.8, 4) is 5.75 Å². The highest BCUT2D eigenvalue weighted by molar-refractivity contribution is 6.03. The van der Waals surface area contributed by atoms with Gasteiger partial charge in [-0.25, -0.2) is 9.59 Å². The van der Waals surface area contributed by atoms with Crippen molar-refractivity contribution >= 4 is 11.9 Å². The molecule has 1 aromatic rings. The van der Waals surface area contributed by atoms with E-state index < -0.39 is 17.5 Å². The van der Waals surface area contributed by atoms with Crippen LogP contribution in [0.3, 0.4) is 0 Å². The van der Waals surface area contributed by atoms with Crippen LogP contribution in [0, 0.1) is 6.92 Å². The number of hydrogen-bond acceptors (Lipinski definition) is 5. The van der Waals surface area contributed by atoms with Gasteiger partial charge in [0, 0.05) is 0 Å². The summed E-state index contributed by atoms with van der Waals surface area (Å²) in [6.07, 6.45) is 0. The van der Waals surface area contributed by atoms with Crippen LogP contribution >= 0.6 is 0 Å². The van der Waals surface area contributed by atoms with Gasteiger partial charge in [-0.05, 0) is 45.4 Å². The molecule has 0 radical (unpaired) electrons. The minimum absolute atomic E-state index is 0.158. The number of carbonyl (C=O) groups excluding carboxylic acids is 2. The molecule has 0 spiro atoms. The van der Waals surface area contributed by atoms with Gasteiger partial charge in [0.2, 0.25) is 0 Å². The standard InChI is InChI=1S/C15H20O5/c1-5-18-13(16)15(4,14(17)19-6-2)20-12-9-7-8-11(3)10-12/h7-10H,5-6H2,1-4H3. The monoisotopic (exact) mass is 280 g/mol. The van der Waals surface area contributed by atoms with Gasteiger partial charge in [0.15, 0.2) is 0 Å². The Kier molecular flexibility index (Phi) is 5.55. The zero-order chi connectivity index (χ0) is 15.2. The molecule has 1 rings (SSSR count). The molecule has 0 aliphatic carbocycles. The molecule has 0 aromatic heterocycles. The lowest BCUT2D eigenvalue weighted by molar-refractivity contribution is -0.177. The second-order valence-electron chi connectivity index (χ2n) is 4.39. The van der Waals surface area contributed by atoms with Crippen molar-refractivity contribution in [1.29, 1.82) is 0 Å². The second kappa shape index (κ2) is 6.93. The third-order valence-electron chi connectivity index (χ3n) is 2.64. The summed E-state index contributed by atoms with van der Waals surface area (Å²) in [7, 11) is 0. The minimum Gasteiger partial charge on any atom is -0.464 e. The summed E-state index contributed by atoms with van der Waals surface area (Å²) < 4.78 is 15.4. The smallest absolute Gasteiger partial charge is 0.362 e. The largest absolute Gasteiger partial charge is 0.464 e. The van der Waals surface area contributed by atoms with Crippen LogP contribution in [0.2, 0.25) is 0 Å². The first-order valence-electron chi connectivity index (χ1n) is 6.54. The second-order valence-corrected chi connectivity index (χ2v) is 4.39. The van der Waals surface area contributed by atoms with Crippen LogP contribution in [-0.4, -0.2) is 30.8 Å². The molecule has 0 bridgehead atoms. The number of ether oxygens (including phenoxy) is 3. The van der Waals surface area contributed by atoms with Gasteiger partial charge in [0.1, 0.15) is 5.75 Å². The zero-order valence-electron chi connectivity index (χ0n) is 12.3. The first-order valence-corrected chi connectivity index (χ1v) is 6.54. The normalized spacial score (nSPS) is 10.8. The Hall–Kier alpha value is -2.04. The molecular weight excluding hydrogens is 260 g/mol. The van der Waals surface area contributed by atoms with Crippen molar-refractivity contribution in [2.24, 2.45) is 0 Å². The highest BCUT2D eigenvalue weighted by atomic mass is 16.6. The van der Waals surface area contributed by atoms with Crippen molar-refractivity contribution in [3.63, 3.8) is 0 Å². The van der Waals surface area contributed by atoms with E-state index in [-0.39, 0.29) is 13.2 Å². The van der Waals surface area contributed by atoms with Crippen LogP contribution in [0.5, 0.6) is 5.75 Å². The van der Waals surface area contributed by atoms with Gasteiger partial charge in [-0.1, -0.05) is 12.1 Å². The average Bonchev–Trinajstić information content (AvgIpc) is 2.39. The fourth-order valence-corrected chi connectivity index (χ4v) is 1.62. The van der Waals surface area contributed by atoms with Gasteiger partial charge in [-0.15, -0.1) is 0 Å². The Balaban J connectivity index is 3.04. The Labute approximate surface area is 118 Å². The van der Waals surface area contributed by atoms with E-state index >= 15 is 0 Å². The van der Waals surface area contributed by atoms with Gasteiger partial charge >= 0.3 is 11.9 Å². The fraction of sp³-hybridized carbons (Fsp3) is 0.467. The van der Waals surface area contributed by atoms with Gasteiger partial charge < -0.3 is 14.2 Å². The first kappa shape index (κ1) is 16.0. The topological polar surface area (TPSA) is 61.8 Å². The third-order valence-corrected chi connectivity index (χ3v) is 2.64. The summed E-state index contributed by atoms with van der Waals surface area (Å²) in [6.45, 7) is 6.88. The molecule has 0 N–H and O–H groups in total. The number of aryl methyl sites for hydroxylation is 1. The van der Waals surface area contributed by atoms with E-state index in [1.54, 1.807) is 32.0 Å². The molecule has 0 saturated carbocycles. The molecule has 0 fully saturated rings. The minimum atomic E-state index is -1.81. The number of hydrogen-bond donors (Lipinski definition) is 0. The van der Waals surface area contributed by atoms with Gasteiger partial charge in [0.05, 0.1) is 13.2 Å². The Morgan fingerprint density at radius 2 is 1.65 bits per heavy atom. The molecule has 0 unspecified atom stereocenters. The molecule has 0 amide bonds. The predicted octanol–water partition coefficient (Wildman–Crippen LogP) is 2.26. The number of esters is 2. The quantitative estimate of drug-likeness (QED) is 0.591. The van der Waals surface area contributed by atoms with Crippen molar-refractivity contribution < 1.29 is 23.8 Å². The molecule has 0 aliphatic rings. The summed E-state index contributed by atoms with van der Waals surface area (Å²) in [5.41, 5.74) is -0.850. The van der Waals surface area contributed by atoms with Crippen molar-refractivity contribution in [2.45, 2.75) is 33.3 Å². The maximum atomic E-state index is 12.0. The van der Waals surface area contributed by atoms with Crippen molar-refractivity contribution in [1.82, 2.24) is 0 Å². The van der Waals surface area contributed by atoms with Gasteiger partial charge in [-0.2, -0.15) is 0 Å². The van der Waals surface area contributed by atoms with E-state index in [9.17, 15) is 9.59 Å². The molecule has 110 valence electrons. The first-order chi connectivity index (χ1) is 9.43. The van der Waals surface area contributed by atoms with Crippen LogP contribution in [-0.2, 0) is 19.1 Å².